The monoisotopic (exact) mass is 384 g/mol. The molecule has 27 heavy (non-hydrogen) atoms. The van der Waals surface area contributed by atoms with Gasteiger partial charge < -0.3 is 19.0 Å². The van der Waals surface area contributed by atoms with E-state index in [4.69, 9.17) is 19.0 Å². The summed E-state index contributed by atoms with van der Waals surface area (Å²) in [6.07, 6.45) is -2.13. The number of benzene rings is 1. The highest BCUT2D eigenvalue weighted by molar-refractivity contribution is 5.93. The van der Waals surface area contributed by atoms with Crippen LogP contribution < -0.4 is 4.74 Å². The summed E-state index contributed by atoms with van der Waals surface area (Å²) in [5, 5.41) is 9.23. The number of carbonyl (C=O) groups is 2. The van der Waals surface area contributed by atoms with Crippen LogP contribution in [0.15, 0.2) is 28.7 Å². The molecule has 1 unspecified atom stereocenters. The molecule has 0 radical (unpaired) electrons. The van der Waals surface area contributed by atoms with Gasteiger partial charge in [0.1, 0.15) is 16.9 Å². The Morgan fingerprint density at radius 2 is 1.78 bits per heavy atom. The van der Waals surface area contributed by atoms with Crippen molar-refractivity contribution in [1.82, 2.24) is 0 Å². The molecule has 1 heterocycles. The number of hydrogen-bond donors (Lipinski definition) is 1. The summed E-state index contributed by atoms with van der Waals surface area (Å²) in [4.78, 5) is 23.0. The van der Waals surface area contributed by atoms with Gasteiger partial charge >= 0.3 is 17.9 Å². The van der Waals surface area contributed by atoms with Crippen LogP contribution >= 0.6 is 0 Å². The minimum absolute atomic E-state index is 0.301. The van der Waals surface area contributed by atoms with E-state index in [0.29, 0.717) is 16.7 Å². The molecule has 0 saturated heterocycles. The number of carboxylic acid groups (broad SMARTS) is 1. The van der Waals surface area contributed by atoms with Crippen molar-refractivity contribution in [2.24, 2.45) is 5.92 Å². The maximum Gasteiger partial charge on any atom is 0.378 e. The molecular formula is C19H22F2O6. The molecule has 0 saturated carbocycles. The van der Waals surface area contributed by atoms with Crippen LogP contribution in [0.5, 0.6) is 5.75 Å². The van der Waals surface area contributed by atoms with Crippen LogP contribution in [0.3, 0.4) is 0 Å². The highest BCUT2D eigenvalue weighted by Crippen LogP contribution is 2.30. The summed E-state index contributed by atoms with van der Waals surface area (Å²) in [7, 11) is 0. The van der Waals surface area contributed by atoms with Gasteiger partial charge in [0, 0.05) is 5.39 Å². The number of aliphatic carboxylic acids is 1. The van der Waals surface area contributed by atoms with Gasteiger partial charge in [-0.2, -0.15) is 8.78 Å². The van der Waals surface area contributed by atoms with Crippen molar-refractivity contribution in [2.75, 3.05) is 0 Å². The third kappa shape index (κ3) is 4.75. The second-order valence-corrected chi connectivity index (χ2v) is 7.52. The van der Waals surface area contributed by atoms with Crippen LogP contribution in [0.2, 0.25) is 0 Å². The van der Waals surface area contributed by atoms with E-state index >= 15 is 0 Å². The number of furan rings is 1. The Hall–Kier alpha value is -2.64. The summed E-state index contributed by atoms with van der Waals surface area (Å²) in [6, 6.07) is 6.22. The standard InChI is InChI=1S/C19H22F2O6/c1-10(2)15(19(20,21)17(23)24)26-16(22)14-9-11-8-12(27-18(3,4)5)6-7-13(11)25-14/h6-10,15H,1-5H3,(H,23,24). The number of alkyl halides is 2. The quantitative estimate of drug-likeness (QED) is 0.738. The Balaban J connectivity index is 2.27. The minimum atomic E-state index is -4.22. The fourth-order valence-electron chi connectivity index (χ4n) is 2.46. The van der Waals surface area contributed by atoms with Crippen molar-refractivity contribution in [3.63, 3.8) is 0 Å². The molecule has 6 nitrogen and oxygen atoms in total. The van der Waals surface area contributed by atoms with E-state index in [-0.39, 0.29) is 5.76 Å². The number of fused-ring (bicyclic) bond motifs is 1. The summed E-state index contributed by atoms with van der Waals surface area (Å²) in [5.41, 5.74) is -0.0826. The lowest BCUT2D eigenvalue weighted by molar-refractivity contribution is -0.187. The zero-order chi connectivity index (χ0) is 20.6. The lowest BCUT2D eigenvalue weighted by Gasteiger charge is -2.26. The Kier molecular flexibility index (Phi) is 5.49. The van der Waals surface area contributed by atoms with Gasteiger partial charge in [0.15, 0.2) is 6.10 Å². The first-order chi connectivity index (χ1) is 12.3. The average Bonchev–Trinajstić information content (AvgIpc) is 2.93. The molecule has 0 aliphatic carbocycles. The molecule has 2 aromatic rings. The van der Waals surface area contributed by atoms with Crippen molar-refractivity contribution < 1.29 is 37.4 Å². The predicted molar refractivity (Wildman–Crippen MR) is 93.2 cm³/mol. The molecule has 0 aliphatic heterocycles. The zero-order valence-electron chi connectivity index (χ0n) is 15.7. The molecule has 0 fully saturated rings. The van der Waals surface area contributed by atoms with E-state index in [1.807, 2.05) is 20.8 Å². The number of carbonyl (C=O) groups excluding carboxylic acids is 1. The molecule has 0 amide bonds. The number of hydrogen-bond acceptors (Lipinski definition) is 5. The molecule has 0 aliphatic rings. The van der Waals surface area contributed by atoms with E-state index in [1.54, 1.807) is 18.2 Å². The second kappa shape index (κ2) is 7.17. The number of ether oxygens (including phenoxy) is 2. The predicted octanol–water partition coefficient (Wildman–Crippen LogP) is 4.51. The molecule has 1 aromatic heterocycles. The van der Waals surface area contributed by atoms with Gasteiger partial charge in [0.2, 0.25) is 5.76 Å². The number of carboxylic acids is 1. The highest BCUT2D eigenvalue weighted by atomic mass is 19.3. The first-order valence-corrected chi connectivity index (χ1v) is 8.36. The van der Waals surface area contributed by atoms with Crippen LogP contribution in [-0.2, 0) is 9.53 Å². The number of halogens is 2. The topological polar surface area (TPSA) is 86.0 Å². The van der Waals surface area contributed by atoms with Gasteiger partial charge in [-0.1, -0.05) is 13.8 Å². The zero-order valence-corrected chi connectivity index (χ0v) is 15.7. The normalized spacial score (nSPS) is 13.6. The van der Waals surface area contributed by atoms with Crippen LogP contribution in [0, 0.1) is 5.92 Å². The molecule has 2 rings (SSSR count). The van der Waals surface area contributed by atoms with Crippen molar-refractivity contribution in [3.05, 3.63) is 30.0 Å². The highest BCUT2D eigenvalue weighted by Gasteiger charge is 2.52. The molecule has 1 aromatic carbocycles. The fourth-order valence-corrected chi connectivity index (χ4v) is 2.46. The largest absolute Gasteiger partial charge is 0.488 e. The third-order valence-corrected chi connectivity index (χ3v) is 3.59. The van der Waals surface area contributed by atoms with E-state index in [0.717, 1.165) is 0 Å². The van der Waals surface area contributed by atoms with E-state index in [1.165, 1.54) is 19.9 Å². The molecular weight excluding hydrogens is 362 g/mol. The summed E-state index contributed by atoms with van der Waals surface area (Å²) < 4.78 is 43.5. The Labute approximate surface area is 155 Å². The third-order valence-electron chi connectivity index (χ3n) is 3.59. The smallest absolute Gasteiger partial charge is 0.378 e. The molecule has 0 bridgehead atoms. The fraction of sp³-hybridized carbons (Fsp3) is 0.474. The average molecular weight is 384 g/mol. The van der Waals surface area contributed by atoms with Gasteiger partial charge in [-0.05, 0) is 51.0 Å². The Morgan fingerprint density at radius 1 is 1.15 bits per heavy atom. The molecule has 1 atom stereocenters. The van der Waals surface area contributed by atoms with Gasteiger partial charge in [-0.25, -0.2) is 9.59 Å². The molecule has 0 spiro atoms. The van der Waals surface area contributed by atoms with Crippen LogP contribution in [-0.4, -0.2) is 34.7 Å². The molecule has 8 heteroatoms. The first kappa shape index (κ1) is 20.7. The summed E-state index contributed by atoms with van der Waals surface area (Å²) in [5.74, 6) is -8.41. The Bertz CT molecular complexity index is 847. The Morgan fingerprint density at radius 3 is 2.30 bits per heavy atom. The minimum Gasteiger partial charge on any atom is -0.488 e. The van der Waals surface area contributed by atoms with Crippen molar-refractivity contribution in [1.29, 1.82) is 0 Å². The van der Waals surface area contributed by atoms with E-state index in [2.05, 4.69) is 0 Å². The van der Waals surface area contributed by atoms with Crippen LogP contribution in [0.1, 0.15) is 45.2 Å². The van der Waals surface area contributed by atoms with Crippen molar-refractivity contribution >= 4 is 22.9 Å². The van der Waals surface area contributed by atoms with Crippen LogP contribution in [0.4, 0.5) is 8.78 Å². The summed E-state index contributed by atoms with van der Waals surface area (Å²) >= 11 is 0. The van der Waals surface area contributed by atoms with Gasteiger partial charge in [0.05, 0.1) is 0 Å². The second-order valence-electron chi connectivity index (χ2n) is 7.52. The molecule has 1 N–H and O–H groups in total. The lowest BCUT2D eigenvalue weighted by atomic mass is 10.0. The SMILES string of the molecule is CC(C)C(OC(=O)c1cc2cc(OC(C)(C)C)ccc2o1)C(F)(F)C(=O)O. The van der Waals surface area contributed by atoms with Gasteiger partial charge in [-0.15, -0.1) is 0 Å². The number of esters is 1. The van der Waals surface area contributed by atoms with E-state index in [9.17, 15) is 18.4 Å². The molecule has 148 valence electrons. The number of rotatable bonds is 6. The maximum absolute atomic E-state index is 13.8. The van der Waals surface area contributed by atoms with Gasteiger partial charge in [-0.3, -0.25) is 0 Å². The van der Waals surface area contributed by atoms with E-state index < -0.39 is 35.5 Å². The maximum atomic E-state index is 13.8. The summed E-state index contributed by atoms with van der Waals surface area (Å²) in [6.45, 7) is 8.31. The van der Waals surface area contributed by atoms with Crippen molar-refractivity contribution in [2.45, 2.75) is 52.2 Å². The lowest BCUT2D eigenvalue weighted by Crippen LogP contribution is -2.47. The van der Waals surface area contributed by atoms with Gasteiger partial charge in [0.25, 0.3) is 0 Å². The first-order valence-electron chi connectivity index (χ1n) is 8.36. The van der Waals surface area contributed by atoms with Crippen molar-refractivity contribution in [3.8, 4) is 5.75 Å². The van der Waals surface area contributed by atoms with Crippen LogP contribution in [0.25, 0.3) is 11.0 Å².